The Kier molecular flexibility index (Phi) is 5.04. The van der Waals surface area contributed by atoms with E-state index in [-0.39, 0.29) is 0 Å². The molecule has 0 atom stereocenters. The van der Waals surface area contributed by atoms with Gasteiger partial charge in [-0.3, -0.25) is 0 Å². The lowest BCUT2D eigenvalue weighted by molar-refractivity contribution is 0.444. The van der Waals surface area contributed by atoms with Crippen molar-refractivity contribution in [1.29, 1.82) is 0 Å². The molecule has 0 bridgehead atoms. The molecule has 0 amide bonds. The maximum absolute atomic E-state index is 5.95. The molecular weight excluding hydrogens is 290 g/mol. The lowest BCUT2D eigenvalue weighted by Gasteiger charge is -2.25. The number of benzene rings is 2. The largest absolute Gasteiger partial charge is 0.381 e. The number of nitrogens with one attached hydrogen (secondary N) is 1. The van der Waals surface area contributed by atoms with Crippen LogP contribution < -0.4 is 5.32 Å². The number of hydrogen-bond donors (Lipinski definition) is 1. The summed E-state index contributed by atoms with van der Waals surface area (Å²) < 4.78 is 0. The highest BCUT2D eigenvalue weighted by molar-refractivity contribution is 6.30. The zero-order valence-electron chi connectivity index (χ0n) is 13.2. The first kappa shape index (κ1) is 15.4. The molecule has 1 aliphatic rings. The van der Waals surface area contributed by atoms with E-state index in [1.54, 1.807) is 0 Å². The Morgan fingerprint density at radius 3 is 2.45 bits per heavy atom. The second-order valence-corrected chi connectivity index (χ2v) is 6.84. The molecule has 1 aliphatic carbocycles. The molecule has 0 radical (unpaired) electrons. The number of hydrogen-bond acceptors (Lipinski definition) is 1. The molecule has 0 spiro atoms. The van der Waals surface area contributed by atoms with Crippen LogP contribution in [0.2, 0.25) is 5.02 Å². The summed E-state index contributed by atoms with van der Waals surface area (Å²) in [4.78, 5) is 0. The van der Waals surface area contributed by atoms with E-state index in [1.165, 1.54) is 54.5 Å². The van der Waals surface area contributed by atoms with Crippen LogP contribution in [0.3, 0.4) is 0 Å². The Morgan fingerprint density at radius 2 is 1.73 bits per heavy atom. The summed E-state index contributed by atoms with van der Waals surface area (Å²) in [7, 11) is 0. The summed E-state index contributed by atoms with van der Waals surface area (Å²) in [5.41, 5.74) is 5.43. The SMILES string of the molecule is Cc1ccc(NCc2ccc(Cl)cc2)c(C2CCCCC2)c1. The van der Waals surface area contributed by atoms with Gasteiger partial charge in [0.15, 0.2) is 0 Å². The molecule has 3 rings (SSSR count). The minimum Gasteiger partial charge on any atom is -0.381 e. The molecule has 0 aromatic heterocycles. The van der Waals surface area contributed by atoms with Gasteiger partial charge in [0.1, 0.15) is 0 Å². The number of rotatable bonds is 4. The average Bonchev–Trinajstić information content (AvgIpc) is 2.56. The smallest absolute Gasteiger partial charge is 0.0406 e. The lowest BCUT2D eigenvalue weighted by Crippen LogP contribution is -2.09. The van der Waals surface area contributed by atoms with Gasteiger partial charge in [0.05, 0.1) is 0 Å². The van der Waals surface area contributed by atoms with Crippen molar-refractivity contribution < 1.29 is 0 Å². The number of anilines is 1. The summed E-state index contributed by atoms with van der Waals surface area (Å²) in [6, 6.07) is 14.9. The fraction of sp³-hybridized carbons (Fsp3) is 0.400. The fourth-order valence-electron chi connectivity index (χ4n) is 3.39. The molecule has 1 nitrogen and oxygen atoms in total. The van der Waals surface area contributed by atoms with Gasteiger partial charge in [-0.25, -0.2) is 0 Å². The molecule has 2 heteroatoms. The Morgan fingerprint density at radius 1 is 1.00 bits per heavy atom. The van der Waals surface area contributed by atoms with Crippen LogP contribution in [0.1, 0.15) is 54.7 Å². The van der Waals surface area contributed by atoms with Gasteiger partial charge in [-0.2, -0.15) is 0 Å². The van der Waals surface area contributed by atoms with Crippen LogP contribution in [0.15, 0.2) is 42.5 Å². The van der Waals surface area contributed by atoms with Gasteiger partial charge in [-0.1, -0.05) is 60.7 Å². The molecule has 1 fully saturated rings. The molecule has 116 valence electrons. The highest BCUT2D eigenvalue weighted by atomic mass is 35.5. The van der Waals surface area contributed by atoms with E-state index in [9.17, 15) is 0 Å². The Hall–Kier alpha value is -1.47. The van der Waals surface area contributed by atoms with Crippen molar-refractivity contribution in [3.05, 3.63) is 64.2 Å². The first-order valence-electron chi connectivity index (χ1n) is 8.31. The molecule has 0 aliphatic heterocycles. The predicted molar refractivity (Wildman–Crippen MR) is 95.8 cm³/mol. The van der Waals surface area contributed by atoms with E-state index >= 15 is 0 Å². The van der Waals surface area contributed by atoms with E-state index in [0.717, 1.165) is 17.5 Å². The van der Waals surface area contributed by atoms with Crippen LogP contribution in [-0.4, -0.2) is 0 Å². The van der Waals surface area contributed by atoms with Crippen LogP contribution in [0.25, 0.3) is 0 Å². The molecule has 2 aromatic rings. The third kappa shape index (κ3) is 3.84. The average molecular weight is 314 g/mol. The quantitative estimate of drug-likeness (QED) is 0.697. The van der Waals surface area contributed by atoms with E-state index in [2.05, 4.69) is 42.6 Å². The topological polar surface area (TPSA) is 12.0 Å². The minimum atomic E-state index is 0.723. The first-order valence-corrected chi connectivity index (χ1v) is 8.69. The van der Waals surface area contributed by atoms with Crippen LogP contribution in [0.4, 0.5) is 5.69 Å². The standard InChI is InChI=1S/C20H24ClN/c1-15-7-12-20(19(13-15)17-5-3-2-4-6-17)22-14-16-8-10-18(21)11-9-16/h7-13,17,22H,2-6,14H2,1H3. The molecule has 0 heterocycles. The van der Waals surface area contributed by atoms with Crippen molar-refractivity contribution in [1.82, 2.24) is 0 Å². The highest BCUT2D eigenvalue weighted by Gasteiger charge is 2.18. The maximum Gasteiger partial charge on any atom is 0.0406 e. The van der Waals surface area contributed by atoms with Gasteiger partial charge in [0.25, 0.3) is 0 Å². The van der Waals surface area contributed by atoms with Crippen LogP contribution in [0.5, 0.6) is 0 Å². The molecular formula is C20H24ClN. The van der Waals surface area contributed by atoms with Crippen molar-refractivity contribution in [2.24, 2.45) is 0 Å². The Balaban J connectivity index is 1.76. The van der Waals surface area contributed by atoms with Crippen molar-refractivity contribution in [3.8, 4) is 0 Å². The molecule has 2 aromatic carbocycles. The Labute approximate surface area is 138 Å². The molecule has 0 saturated heterocycles. The van der Waals surface area contributed by atoms with Crippen molar-refractivity contribution >= 4 is 17.3 Å². The zero-order valence-corrected chi connectivity index (χ0v) is 14.0. The second kappa shape index (κ2) is 7.19. The van der Waals surface area contributed by atoms with Gasteiger partial charge in [0.2, 0.25) is 0 Å². The number of aryl methyl sites for hydroxylation is 1. The van der Waals surface area contributed by atoms with E-state index < -0.39 is 0 Å². The molecule has 0 unspecified atom stereocenters. The molecule has 1 N–H and O–H groups in total. The van der Waals surface area contributed by atoms with E-state index in [4.69, 9.17) is 11.6 Å². The second-order valence-electron chi connectivity index (χ2n) is 6.41. The van der Waals surface area contributed by atoms with Crippen LogP contribution in [-0.2, 0) is 6.54 Å². The summed E-state index contributed by atoms with van der Waals surface area (Å²) in [6.45, 7) is 3.04. The third-order valence-electron chi connectivity index (χ3n) is 4.65. The monoisotopic (exact) mass is 313 g/mol. The van der Waals surface area contributed by atoms with Crippen molar-refractivity contribution in [2.75, 3.05) is 5.32 Å². The third-order valence-corrected chi connectivity index (χ3v) is 4.90. The van der Waals surface area contributed by atoms with Crippen molar-refractivity contribution in [2.45, 2.75) is 51.5 Å². The maximum atomic E-state index is 5.95. The fourth-order valence-corrected chi connectivity index (χ4v) is 3.52. The lowest BCUT2D eigenvalue weighted by atomic mass is 9.83. The summed E-state index contributed by atoms with van der Waals surface area (Å²) >= 11 is 5.95. The zero-order chi connectivity index (χ0) is 15.4. The normalized spacial score (nSPS) is 15.7. The highest BCUT2D eigenvalue weighted by Crippen LogP contribution is 2.37. The summed E-state index contributed by atoms with van der Waals surface area (Å²) in [5, 5.41) is 4.42. The summed E-state index contributed by atoms with van der Waals surface area (Å²) in [6.07, 6.45) is 6.80. The predicted octanol–water partition coefficient (Wildman–Crippen LogP) is 6.31. The van der Waals surface area contributed by atoms with Gasteiger partial charge < -0.3 is 5.32 Å². The van der Waals surface area contributed by atoms with Gasteiger partial charge >= 0.3 is 0 Å². The van der Waals surface area contributed by atoms with E-state index in [1.807, 2.05) is 12.1 Å². The van der Waals surface area contributed by atoms with E-state index in [0.29, 0.717) is 0 Å². The van der Waals surface area contributed by atoms with Gasteiger partial charge in [-0.05, 0) is 55.0 Å². The molecule has 1 saturated carbocycles. The minimum absolute atomic E-state index is 0.723. The Bertz CT molecular complexity index is 612. The first-order chi connectivity index (χ1) is 10.7. The number of halogens is 1. The summed E-state index contributed by atoms with van der Waals surface area (Å²) in [5.74, 6) is 0.723. The van der Waals surface area contributed by atoms with Gasteiger partial charge in [-0.15, -0.1) is 0 Å². The van der Waals surface area contributed by atoms with Crippen molar-refractivity contribution in [3.63, 3.8) is 0 Å². The van der Waals surface area contributed by atoms with Crippen LogP contribution >= 0.6 is 11.6 Å². The van der Waals surface area contributed by atoms with Gasteiger partial charge in [0, 0.05) is 17.3 Å². The van der Waals surface area contributed by atoms with Crippen LogP contribution in [0, 0.1) is 6.92 Å². The molecule has 22 heavy (non-hydrogen) atoms.